The average molecular weight is 1130 g/mol. The number of furan rings is 2. The minimum absolute atomic E-state index is 0.188. The van der Waals surface area contributed by atoms with Gasteiger partial charge in [0.1, 0.15) is 22.7 Å². The van der Waals surface area contributed by atoms with Gasteiger partial charge in [-0.3, -0.25) is 0 Å². The van der Waals surface area contributed by atoms with Crippen LogP contribution in [0, 0.1) is 0 Å². The fraction of sp³-hybridized carbons (Fsp3) is 0.183. The van der Waals surface area contributed by atoms with E-state index in [9.17, 15) is 26.3 Å². The number of rotatable bonds is 9. The predicted octanol–water partition coefficient (Wildman–Crippen LogP) is 22.2. The van der Waals surface area contributed by atoms with Crippen LogP contribution in [0.2, 0.25) is 0 Å². The van der Waals surface area contributed by atoms with Gasteiger partial charge in [-0.2, -0.15) is 0 Å². The molecule has 0 saturated heterocycles. The summed E-state index contributed by atoms with van der Waals surface area (Å²) in [5.41, 5.74) is 12.4. The standard InChI is InChI=1S/C71H55F6N3O4/c1-39(2)40-22-32-53-60(37-40)80-61-38-42-35-45(78(43-24-28-46(29-25-43)83-70(72,73)74)58-19-11-15-51-49-13-9-17-55(68(3,4)5)64(49)81-66(51)58)23-21-41(42)36-54(61)48-33-34-57(62(53)63(48)80)79(44-26-30-47(31-27-44)84-71(75,76)77)59-20-12-16-52-50-14-10-18-56(69(6,7)8)65(50)82-67(52)59/h9-39H,1-8H3. The van der Waals surface area contributed by atoms with Crippen LogP contribution in [0.3, 0.4) is 0 Å². The number of aromatic nitrogens is 1. The van der Waals surface area contributed by atoms with Gasteiger partial charge < -0.3 is 32.5 Å². The van der Waals surface area contributed by atoms with Crippen LogP contribution in [0.15, 0.2) is 191 Å². The van der Waals surface area contributed by atoms with Gasteiger partial charge in [0.2, 0.25) is 0 Å². The van der Waals surface area contributed by atoms with E-state index in [1.807, 2.05) is 65.6 Å². The second kappa shape index (κ2) is 18.6. The molecule has 420 valence electrons. The van der Waals surface area contributed by atoms with E-state index in [1.54, 1.807) is 24.3 Å². The van der Waals surface area contributed by atoms with Gasteiger partial charge in [0, 0.05) is 71.3 Å². The van der Waals surface area contributed by atoms with Crippen molar-refractivity contribution in [1.29, 1.82) is 0 Å². The molecule has 0 aliphatic carbocycles. The molecule has 13 heteroatoms. The second-order valence-corrected chi connectivity index (χ2v) is 24.2. The topological polar surface area (TPSA) is 55.6 Å². The van der Waals surface area contributed by atoms with E-state index < -0.39 is 12.7 Å². The molecule has 0 fully saturated rings. The molecule has 14 aromatic rings. The summed E-state index contributed by atoms with van der Waals surface area (Å²) < 4.78 is 107. The summed E-state index contributed by atoms with van der Waals surface area (Å²) in [4.78, 5) is 4.08. The molecule has 10 aromatic carbocycles. The Morgan fingerprint density at radius 1 is 0.405 bits per heavy atom. The number of ether oxygens (including phenoxy) is 2. The highest BCUT2D eigenvalue weighted by Crippen LogP contribution is 2.52. The van der Waals surface area contributed by atoms with Gasteiger partial charge in [-0.1, -0.05) is 140 Å². The molecule has 14 rings (SSSR count). The SMILES string of the molecule is CC(C)c1ccc2c3c(N(c4ccc(OC(F)(F)F)cc4)c4cccc5c4oc4c(C(C)(C)C)cccc45)ccc4c5cc6ccc(N(c7ccc(OC(F)(F)F)cc7)c7cccc8c7oc7c(C(C)(C)C)cccc78)cc6cc5n(c2c1)c43. The van der Waals surface area contributed by atoms with Crippen molar-refractivity contribution in [3.8, 4) is 11.5 Å². The molecular weight excluding hydrogens is 1070 g/mol. The molecule has 0 radical (unpaired) electrons. The number of anilines is 6. The lowest BCUT2D eigenvalue weighted by molar-refractivity contribution is -0.275. The molecule has 7 nitrogen and oxygen atoms in total. The quantitative estimate of drug-likeness (QED) is 0.134. The Morgan fingerprint density at radius 2 is 0.881 bits per heavy atom. The molecule has 0 amide bonds. The number of hydrogen-bond acceptors (Lipinski definition) is 6. The third kappa shape index (κ3) is 8.65. The first kappa shape index (κ1) is 52.7. The van der Waals surface area contributed by atoms with Crippen molar-refractivity contribution in [3.05, 3.63) is 199 Å². The van der Waals surface area contributed by atoms with Gasteiger partial charge in [0.05, 0.1) is 33.6 Å². The van der Waals surface area contributed by atoms with Gasteiger partial charge in [-0.25, -0.2) is 0 Å². The van der Waals surface area contributed by atoms with Crippen LogP contribution in [0.25, 0.3) is 92.7 Å². The van der Waals surface area contributed by atoms with Crippen LogP contribution >= 0.6 is 0 Å². The Morgan fingerprint density at radius 3 is 1.40 bits per heavy atom. The Kier molecular flexibility index (Phi) is 11.7. The molecule has 0 bridgehead atoms. The molecular formula is C71H55F6N3O4. The summed E-state index contributed by atoms with van der Waals surface area (Å²) in [6, 6.07) is 57.5. The van der Waals surface area contributed by atoms with Crippen molar-refractivity contribution < 1.29 is 44.7 Å². The molecule has 0 atom stereocenters. The van der Waals surface area contributed by atoms with Crippen molar-refractivity contribution >= 4 is 127 Å². The van der Waals surface area contributed by atoms with E-state index in [-0.39, 0.29) is 28.2 Å². The second-order valence-electron chi connectivity index (χ2n) is 24.2. The van der Waals surface area contributed by atoms with E-state index in [1.165, 1.54) is 24.3 Å². The van der Waals surface area contributed by atoms with Gasteiger partial charge >= 0.3 is 12.7 Å². The van der Waals surface area contributed by atoms with Crippen molar-refractivity contribution in [2.75, 3.05) is 9.80 Å². The summed E-state index contributed by atoms with van der Waals surface area (Å²) in [5.74, 6) is -0.501. The van der Waals surface area contributed by atoms with E-state index in [2.05, 4.69) is 147 Å². The van der Waals surface area contributed by atoms with Gasteiger partial charge in [0.25, 0.3) is 0 Å². The Balaban J connectivity index is 1.01. The van der Waals surface area contributed by atoms with E-state index in [4.69, 9.17) is 8.83 Å². The number of fused-ring (bicyclic) bond motifs is 13. The Labute approximate surface area is 478 Å². The van der Waals surface area contributed by atoms with Crippen LogP contribution in [0.1, 0.15) is 78.0 Å². The summed E-state index contributed by atoms with van der Waals surface area (Å²) in [6.45, 7) is 17.2. The normalized spacial score (nSPS) is 13.0. The average Bonchev–Trinajstić information content (AvgIpc) is 1.58. The number of hydrogen-bond donors (Lipinski definition) is 0. The van der Waals surface area contributed by atoms with E-state index >= 15 is 0 Å². The van der Waals surface area contributed by atoms with Crippen LogP contribution in [0.4, 0.5) is 60.5 Å². The monoisotopic (exact) mass is 1130 g/mol. The first-order valence-electron chi connectivity index (χ1n) is 27.9. The summed E-state index contributed by atoms with van der Waals surface area (Å²) in [7, 11) is 0. The smallest absolute Gasteiger partial charge is 0.454 e. The lowest BCUT2D eigenvalue weighted by atomic mass is 9.86. The molecule has 4 heterocycles. The largest absolute Gasteiger partial charge is 0.573 e. The van der Waals surface area contributed by atoms with Crippen LogP contribution in [0.5, 0.6) is 11.5 Å². The van der Waals surface area contributed by atoms with E-state index in [0.717, 1.165) is 110 Å². The highest BCUT2D eigenvalue weighted by atomic mass is 19.4. The Bertz CT molecular complexity index is 4940. The first-order valence-corrected chi connectivity index (χ1v) is 27.9. The zero-order chi connectivity index (χ0) is 58.5. The highest BCUT2D eigenvalue weighted by Gasteiger charge is 2.34. The third-order valence-corrected chi connectivity index (χ3v) is 16.3. The number of benzene rings is 10. The third-order valence-electron chi connectivity index (χ3n) is 16.3. The first-order chi connectivity index (χ1) is 40.0. The zero-order valence-corrected chi connectivity index (χ0v) is 47.1. The van der Waals surface area contributed by atoms with Crippen LogP contribution < -0.4 is 19.3 Å². The number of alkyl halides is 6. The number of nitrogens with zero attached hydrogens (tertiary/aromatic N) is 3. The molecule has 0 aliphatic rings. The zero-order valence-electron chi connectivity index (χ0n) is 47.1. The number of halogens is 6. The summed E-state index contributed by atoms with van der Waals surface area (Å²) in [5, 5.41) is 9.44. The lowest BCUT2D eigenvalue weighted by Gasteiger charge is -2.27. The maximum absolute atomic E-state index is 13.7. The van der Waals surface area contributed by atoms with Crippen molar-refractivity contribution in [3.63, 3.8) is 0 Å². The highest BCUT2D eigenvalue weighted by molar-refractivity contribution is 6.29. The number of para-hydroxylation sites is 4. The van der Waals surface area contributed by atoms with Gasteiger partial charge in [-0.15, -0.1) is 26.3 Å². The van der Waals surface area contributed by atoms with E-state index in [0.29, 0.717) is 33.9 Å². The molecule has 4 aromatic heterocycles. The fourth-order valence-electron chi connectivity index (χ4n) is 12.5. The van der Waals surface area contributed by atoms with Crippen LogP contribution in [-0.2, 0) is 10.8 Å². The van der Waals surface area contributed by atoms with Gasteiger partial charge in [0.15, 0.2) is 11.2 Å². The minimum Gasteiger partial charge on any atom is -0.454 e. The molecule has 0 spiro atoms. The molecule has 84 heavy (non-hydrogen) atoms. The van der Waals surface area contributed by atoms with Gasteiger partial charge in [-0.05, 0) is 130 Å². The van der Waals surface area contributed by atoms with Crippen molar-refractivity contribution in [1.82, 2.24) is 4.40 Å². The fourth-order valence-corrected chi connectivity index (χ4v) is 12.5. The lowest BCUT2D eigenvalue weighted by Crippen LogP contribution is -2.17. The maximum Gasteiger partial charge on any atom is 0.573 e. The molecule has 0 saturated carbocycles. The molecule has 0 aliphatic heterocycles. The minimum atomic E-state index is -4.88. The van der Waals surface area contributed by atoms with Crippen LogP contribution in [-0.4, -0.2) is 17.1 Å². The molecule has 0 unspecified atom stereocenters. The maximum atomic E-state index is 13.7. The Hall–Kier alpha value is -9.36. The van der Waals surface area contributed by atoms with Crippen molar-refractivity contribution in [2.45, 2.75) is 84.9 Å². The summed E-state index contributed by atoms with van der Waals surface area (Å²) >= 11 is 0. The van der Waals surface area contributed by atoms with Crippen molar-refractivity contribution in [2.24, 2.45) is 0 Å². The summed E-state index contributed by atoms with van der Waals surface area (Å²) in [6.07, 6.45) is -9.75. The molecule has 0 N–H and O–H groups in total. The predicted molar refractivity (Wildman–Crippen MR) is 327 cm³/mol.